The van der Waals surface area contributed by atoms with Crippen LogP contribution in [0.3, 0.4) is 0 Å². The summed E-state index contributed by atoms with van der Waals surface area (Å²) < 4.78 is 1.02. The number of likely N-dealkylation sites (N-methyl/N-ethyl adjacent to an activating group) is 1. The Morgan fingerprint density at radius 1 is 1.15 bits per heavy atom. The SMILES string of the molecule is C[C@H](O)c1ccc(N(C)CCc2ccccc2)c(Br)c1. The first-order valence-corrected chi connectivity index (χ1v) is 7.60. The normalized spacial score (nSPS) is 12.2. The van der Waals surface area contributed by atoms with Gasteiger partial charge in [-0.15, -0.1) is 0 Å². The van der Waals surface area contributed by atoms with Crippen LogP contribution >= 0.6 is 15.9 Å². The zero-order chi connectivity index (χ0) is 14.5. The zero-order valence-electron chi connectivity index (χ0n) is 11.9. The lowest BCUT2D eigenvalue weighted by Crippen LogP contribution is -2.20. The van der Waals surface area contributed by atoms with Crippen molar-refractivity contribution < 1.29 is 5.11 Å². The molecule has 2 rings (SSSR count). The predicted molar refractivity (Wildman–Crippen MR) is 88.2 cm³/mol. The molecule has 0 aromatic heterocycles. The first-order chi connectivity index (χ1) is 9.58. The fourth-order valence-corrected chi connectivity index (χ4v) is 2.85. The number of halogens is 1. The van der Waals surface area contributed by atoms with Gasteiger partial charge in [0.05, 0.1) is 11.8 Å². The van der Waals surface area contributed by atoms with Gasteiger partial charge in [-0.2, -0.15) is 0 Å². The Balaban J connectivity index is 2.04. The van der Waals surface area contributed by atoms with Crippen LogP contribution in [0.2, 0.25) is 0 Å². The van der Waals surface area contributed by atoms with Crippen molar-refractivity contribution in [1.82, 2.24) is 0 Å². The number of benzene rings is 2. The van der Waals surface area contributed by atoms with Gasteiger partial charge in [-0.1, -0.05) is 36.4 Å². The number of rotatable bonds is 5. The Bertz CT molecular complexity index is 554. The average Bonchev–Trinajstić information content (AvgIpc) is 2.45. The number of anilines is 1. The molecule has 0 heterocycles. The van der Waals surface area contributed by atoms with Crippen LogP contribution in [-0.4, -0.2) is 18.7 Å². The largest absolute Gasteiger partial charge is 0.389 e. The summed E-state index contributed by atoms with van der Waals surface area (Å²) >= 11 is 3.59. The maximum atomic E-state index is 9.60. The number of aliphatic hydroxyl groups excluding tert-OH is 1. The lowest BCUT2D eigenvalue weighted by atomic mass is 10.1. The molecule has 0 bridgehead atoms. The molecule has 0 saturated heterocycles. The molecule has 1 atom stereocenters. The van der Waals surface area contributed by atoms with Crippen molar-refractivity contribution in [2.45, 2.75) is 19.4 Å². The van der Waals surface area contributed by atoms with Crippen molar-refractivity contribution in [2.75, 3.05) is 18.5 Å². The van der Waals surface area contributed by atoms with Gasteiger partial charge in [0, 0.05) is 18.1 Å². The van der Waals surface area contributed by atoms with Gasteiger partial charge in [0.2, 0.25) is 0 Å². The van der Waals surface area contributed by atoms with Gasteiger partial charge in [0.15, 0.2) is 0 Å². The predicted octanol–water partition coefficient (Wildman–Crippen LogP) is 4.18. The van der Waals surface area contributed by atoms with Gasteiger partial charge < -0.3 is 10.0 Å². The second-order valence-corrected chi connectivity index (χ2v) is 5.90. The Kier molecular flexibility index (Phi) is 5.21. The number of nitrogens with zero attached hydrogens (tertiary/aromatic N) is 1. The van der Waals surface area contributed by atoms with Crippen molar-refractivity contribution in [2.24, 2.45) is 0 Å². The summed E-state index contributed by atoms with van der Waals surface area (Å²) in [6.07, 6.45) is 0.581. The van der Waals surface area contributed by atoms with E-state index in [0.29, 0.717) is 0 Å². The van der Waals surface area contributed by atoms with Crippen LogP contribution in [0.4, 0.5) is 5.69 Å². The third-order valence-electron chi connectivity index (χ3n) is 3.44. The summed E-state index contributed by atoms with van der Waals surface area (Å²) in [6, 6.07) is 16.5. The third-order valence-corrected chi connectivity index (χ3v) is 4.08. The second kappa shape index (κ2) is 6.91. The van der Waals surface area contributed by atoms with Crippen molar-refractivity contribution in [3.05, 3.63) is 64.1 Å². The third kappa shape index (κ3) is 3.84. The first-order valence-electron chi connectivity index (χ1n) is 6.80. The molecule has 0 spiro atoms. The molecule has 0 radical (unpaired) electrons. The molecular formula is C17H20BrNO. The summed E-state index contributed by atoms with van der Waals surface area (Å²) in [5.74, 6) is 0. The van der Waals surface area contributed by atoms with E-state index in [0.717, 1.165) is 28.7 Å². The molecular weight excluding hydrogens is 314 g/mol. The molecule has 0 aliphatic rings. The highest BCUT2D eigenvalue weighted by atomic mass is 79.9. The molecule has 0 fully saturated rings. The summed E-state index contributed by atoms with van der Waals surface area (Å²) in [6.45, 7) is 2.73. The van der Waals surface area contributed by atoms with Crippen molar-refractivity contribution in [3.8, 4) is 0 Å². The summed E-state index contributed by atoms with van der Waals surface area (Å²) in [4.78, 5) is 2.23. The molecule has 2 aromatic carbocycles. The standard InChI is InChI=1S/C17H20BrNO/c1-13(20)15-8-9-17(16(18)12-15)19(2)11-10-14-6-4-3-5-7-14/h3-9,12-13,20H,10-11H2,1-2H3/t13-/m0/s1. The Labute approximate surface area is 129 Å². The van der Waals surface area contributed by atoms with E-state index in [1.807, 2.05) is 18.2 Å². The summed E-state index contributed by atoms with van der Waals surface area (Å²) in [5, 5.41) is 9.60. The van der Waals surface area contributed by atoms with E-state index in [1.165, 1.54) is 5.56 Å². The van der Waals surface area contributed by atoms with E-state index in [-0.39, 0.29) is 0 Å². The number of aliphatic hydroxyl groups is 1. The highest BCUT2D eigenvalue weighted by molar-refractivity contribution is 9.10. The Hall–Kier alpha value is -1.32. The molecule has 3 heteroatoms. The van der Waals surface area contributed by atoms with E-state index in [1.54, 1.807) is 6.92 Å². The van der Waals surface area contributed by atoms with Gasteiger partial charge in [-0.25, -0.2) is 0 Å². The lowest BCUT2D eigenvalue weighted by Gasteiger charge is -2.21. The van der Waals surface area contributed by atoms with Crippen LogP contribution in [0.25, 0.3) is 0 Å². The van der Waals surface area contributed by atoms with Crippen molar-refractivity contribution in [1.29, 1.82) is 0 Å². The van der Waals surface area contributed by atoms with Gasteiger partial charge in [-0.3, -0.25) is 0 Å². The van der Waals surface area contributed by atoms with E-state index < -0.39 is 6.10 Å². The molecule has 0 unspecified atom stereocenters. The van der Waals surface area contributed by atoms with Gasteiger partial charge >= 0.3 is 0 Å². The molecule has 0 aliphatic heterocycles. The molecule has 2 aromatic rings. The zero-order valence-corrected chi connectivity index (χ0v) is 13.5. The van der Waals surface area contributed by atoms with Crippen LogP contribution in [0.5, 0.6) is 0 Å². The van der Waals surface area contributed by atoms with Crippen LogP contribution in [0.15, 0.2) is 53.0 Å². The number of hydrogen-bond acceptors (Lipinski definition) is 2. The molecule has 0 aliphatic carbocycles. The van der Waals surface area contributed by atoms with E-state index in [2.05, 4.69) is 58.2 Å². The van der Waals surface area contributed by atoms with Gasteiger partial charge in [-0.05, 0) is 52.5 Å². The topological polar surface area (TPSA) is 23.5 Å². The van der Waals surface area contributed by atoms with Crippen LogP contribution < -0.4 is 4.90 Å². The van der Waals surface area contributed by atoms with Crippen LogP contribution in [-0.2, 0) is 6.42 Å². The maximum Gasteiger partial charge on any atom is 0.0762 e. The van der Waals surface area contributed by atoms with E-state index in [4.69, 9.17) is 0 Å². The second-order valence-electron chi connectivity index (χ2n) is 5.04. The molecule has 106 valence electrons. The first kappa shape index (κ1) is 15.1. The Morgan fingerprint density at radius 2 is 1.85 bits per heavy atom. The van der Waals surface area contributed by atoms with Crippen molar-refractivity contribution >= 4 is 21.6 Å². The molecule has 0 saturated carbocycles. The fourth-order valence-electron chi connectivity index (χ4n) is 2.15. The highest BCUT2D eigenvalue weighted by Crippen LogP contribution is 2.28. The quantitative estimate of drug-likeness (QED) is 0.887. The van der Waals surface area contributed by atoms with Gasteiger partial charge in [0.25, 0.3) is 0 Å². The smallest absolute Gasteiger partial charge is 0.0762 e. The lowest BCUT2D eigenvalue weighted by molar-refractivity contribution is 0.199. The fraction of sp³-hybridized carbons (Fsp3) is 0.294. The maximum absolute atomic E-state index is 9.60. The minimum absolute atomic E-state index is 0.435. The summed E-state index contributed by atoms with van der Waals surface area (Å²) in [7, 11) is 2.09. The molecule has 2 nitrogen and oxygen atoms in total. The van der Waals surface area contributed by atoms with Crippen LogP contribution in [0, 0.1) is 0 Å². The molecule has 20 heavy (non-hydrogen) atoms. The van der Waals surface area contributed by atoms with Gasteiger partial charge in [0.1, 0.15) is 0 Å². The minimum Gasteiger partial charge on any atom is -0.389 e. The molecule has 1 N–H and O–H groups in total. The molecule has 0 amide bonds. The van der Waals surface area contributed by atoms with E-state index >= 15 is 0 Å². The van der Waals surface area contributed by atoms with Crippen LogP contribution in [0.1, 0.15) is 24.2 Å². The summed E-state index contributed by atoms with van der Waals surface area (Å²) in [5.41, 5.74) is 3.42. The average molecular weight is 334 g/mol. The van der Waals surface area contributed by atoms with E-state index in [9.17, 15) is 5.11 Å². The Morgan fingerprint density at radius 3 is 2.45 bits per heavy atom. The number of hydrogen-bond donors (Lipinski definition) is 1. The monoisotopic (exact) mass is 333 g/mol. The van der Waals surface area contributed by atoms with Crippen molar-refractivity contribution in [3.63, 3.8) is 0 Å². The minimum atomic E-state index is -0.435. The highest BCUT2D eigenvalue weighted by Gasteiger charge is 2.09.